The van der Waals surface area contributed by atoms with Gasteiger partial charge in [-0.2, -0.15) is 0 Å². The molecule has 0 fully saturated rings. The number of nitrogens with zero attached hydrogens (tertiary/aromatic N) is 2. The fourth-order valence-corrected chi connectivity index (χ4v) is 9.60. The van der Waals surface area contributed by atoms with Gasteiger partial charge in [0.1, 0.15) is 40.7 Å². The number of ether oxygens (including phenoxy) is 3. The van der Waals surface area contributed by atoms with E-state index in [0.717, 1.165) is 58.2 Å². The lowest BCUT2D eigenvalue weighted by atomic mass is 9.82. The molecular weight excluding hydrogens is 845 g/mol. The molecule has 4 unspecified atom stereocenters. The van der Waals surface area contributed by atoms with Gasteiger partial charge in [0.25, 0.3) is 0 Å². The minimum atomic E-state index is -0.598. The van der Waals surface area contributed by atoms with Gasteiger partial charge in [-0.3, -0.25) is 14.4 Å². The van der Waals surface area contributed by atoms with Crippen LogP contribution in [-0.2, 0) is 32.0 Å². The maximum atomic E-state index is 14.5. The van der Waals surface area contributed by atoms with Gasteiger partial charge in [-0.1, -0.05) is 55.8 Å². The molecular formula is C55H60N4O8. The Labute approximate surface area is 391 Å². The molecule has 0 radical (unpaired) electrons. The topological polar surface area (TPSA) is 155 Å². The van der Waals surface area contributed by atoms with Gasteiger partial charge < -0.3 is 44.2 Å². The fraction of sp³-hybridized carbons (Fsp3) is 0.327. The number of H-pyrrole nitrogens is 1. The second-order valence-corrected chi connectivity index (χ2v) is 17.8. The first kappa shape index (κ1) is 46.3. The zero-order chi connectivity index (χ0) is 47.0. The standard InChI is InChI=1S/C55H60N4O8/c1-5-37-15-17-48(66-36(3)61)29-46(64)30-52(40-16-18-53(54(26-40)65-4)67-47-13-8-12-45(63)28-47)58-33-41-10-7-14-51(50(41)34-58)59(22-20-35(2)60)55-27-39(19-21-57-55)49(38-9-6-11-44(62)24-38)25-43-32-56-31-42(43)23-37/h6-14,16,18-19,24,26-28,31-34,37,48-49,52,56-57,62-63H,5,15,17,20-23,25,29-30H2,1-4H3. The van der Waals surface area contributed by atoms with E-state index in [1.54, 1.807) is 44.4 Å². The van der Waals surface area contributed by atoms with E-state index in [2.05, 4.69) is 69.6 Å². The largest absolute Gasteiger partial charge is 0.508 e. The van der Waals surface area contributed by atoms with Crippen LogP contribution in [-0.4, -0.2) is 63.6 Å². The SMILES string of the molecule is CCC1CCC(OC(C)=O)CC(=O)CC(c2ccc(Oc3cccc(O)c3)c(OC)c2)n2cc3cccc(c3c2)N(CCC(C)=O)C2=CC(=CCN2)C(c2cccc(O)c2)Cc2c[nH]cc2C1. The normalized spacial score (nSPS) is 19.3. The number of allylic oxidation sites excluding steroid dienone is 2. The summed E-state index contributed by atoms with van der Waals surface area (Å²) in [6.45, 7) is 6.15. The molecule has 0 spiro atoms. The Morgan fingerprint density at radius 3 is 2.34 bits per heavy atom. The monoisotopic (exact) mass is 904 g/mol. The third kappa shape index (κ3) is 11.3. The van der Waals surface area contributed by atoms with Gasteiger partial charge >= 0.3 is 5.97 Å². The molecule has 0 amide bonds. The average molecular weight is 905 g/mol. The lowest BCUT2D eigenvalue weighted by molar-refractivity contribution is -0.148. The summed E-state index contributed by atoms with van der Waals surface area (Å²) in [6.07, 6.45) is 16.2. The zero-order valence-corrected chi connectivity index (χ0v) is 38.7. The van der Waals surface area contributed by atoms with Gasteiger partial charge in [-0.05, 0) is 115 Å². The number of anilines is 1. The second-order valence-electron chi connectivity index (χ2n) is 17.8. The minimum Gasteiger partial charge on any atom is -0.508 e. The van der Waals surface area contributed by atoms with Gasteiger partial charge in [0.05, 0.1) is 18.8 Å². The van der Waals surface area contributed by atoms with Crippen LogP contribution in [0.2, 0.25) is 0 Å². The third-order valence-electron chi connectivity index (χ3n) is 13.1. The summed E-state index contributed by atoms with van der Waals surface area (Å²) >= 11 is 0. The van der Waals surface area contributed by atoms with Crippen LogP contribution in [0.4, 0.5) is 5.69 Å². The second kappa shape index (κ2) is 21.0. The van der Waals surface area contributed by atoms with Crippen LogP contribution in [0.1, 0.15) is 93.5 Å². The number of carbonyl (C=O) groups is 3. The van der Waals surface area contributed by atoms with Crippen LogP contribution in [0.25, 0.3) is 10.8 Å². The van der Waals surface area contributed by atoms with Crippen molar-refractivity contribution in [2.24, 2.45) is 5.92 Å². The molecule has 12 heteroatoms. The maximum Gasteiger partial charge on any atom is 0.302 e. The molecule has 0 saturated carbocycles. The number of aromatic hydroxyl groups is 2. The van der Waals surface area contributed by atoms with Crippen LogP contribution < -0.4 is 19.7 Å². The first-order valence-corrected chi connectivity index (χ1v) is 23.2. The highest BCUT2D eigenvalue weighted by Crippen LogP contribution is 2.40. The molecule has 67 heavy (non-hydrogen) atoms. The van der Waals surface area contributed by atoms with Crippen LogP contribution >= 0.6 is 0 Å². The number of Topliss-reactive ketones (excluding diaryl/α,β-unsaturated/α-hetero) is 2. The number of aromatic amines is 1. The lowest BCUT2D eigenvalue weighted by Gasteiger charge is -2.32. The van der Waals surface area contributed by atoms with E-state index < -0.39 is 18.1 Å². The Morgan fingerprint density at radius 1 is 0.821 bits per heavy atom. The van der Waals surface area contributed by atoms with Gasteiger partial charge in [0, 0.05) is 86.8 Å². The number of esters is 1. The van der Waals surface area contributed by atoms with E-state index in [-0.39, 0.29) is 47.7 Å². The van der Waals surface area contributed by atoms with E-state index in [1.165, 1.54) is 24.1 Å². The number of phenols is 2. The summed E-state index contributed by atoms with van der Waals surface area (Å²) in [6, 6.07) is 25.2. The Bertz CT molecular complexity index is 2800. The van der Waals surface area contributed by atoms with Crippen LogP contribution in [0.3, 0.4) is 0 Å². The summed E-state index contributed by atoms with van der Waals surface area (Å²) in [5.74, 6) is 2.19. The Morgan fingerprint density at radius 2 is 1.60 bits per heavy atom. The average Bonchev–Trinajstić information content (AvgIpc) is 3.95. The lowest BCUT2D eigenvalue weighted by Crippen LogP contribution is -2.35. The Hall–Kier alpha value is -7.21. The van der Waals surface area contributed by atoms with Crippen molar-refractivity contribution in [2.75, 3.05) is 25.1 Å². The van der Waals surface area contributed by atoms with E-state index in [9.17, 15) is 24.6 Å². The number of hydrogen-bond acceptors (Lipinski definition) is 10. The van der Waals surface area contributed by atoms with Gasteiger partial charge in [0.2, 0.25) is 0 Å². The molecule has 0 saturated heterocycles. The number of phenolic OH excluding ortho intramolecular Hbond substituents is 2. The molecule has 4 aromatic carbocycles. The fourth-order valence-electron chi connectivity index (χ4n) is 9.60. The van der Waals surface area contributed by atoms with Gasteiger partial charge in [-0.25, -0.2) is 0 Å². The number of fused-ring (bicyclic) bond motifs is 3. The summed E-state index contributed by atoms with van der Waals surface area (Å²) in [5.41, 5.74) is 6.16. The van der Waals surface area contributed by atoms with Crippen LogP contribution in [0, 0.1) is 5.92 Å². The molecule has 4 bridgehead atoms. The van der Waals surface area contributed by atoms with Crippen molar-refractivity contribution in [1.82, 2.24) is 14.9 Å². The Kier molecular flexibility index (Phi) is 14.5. The highest BCUT2D eigenvalue weighted by atomic mass is 16.5. The summed E-state index contributed by atoms with van der Waals surface area (Å²) in [4.78, 5) is 45.3. The van der Waals surface area contributed by atoms with Crippen molar-refractivity contribution in [1.29, 1.82) is 0 Å². The molecule has 4 atom stereocenters. The summed E-state index contributed by atoms with van der Waals surface area (Å²) in [5, 5.41) is 26.3. The van der Waals surface area contributed by atoms with Crippen LogP contribution in [0.5, 0.6) is 28.7 Å². The van der Waals surface area contributed by atoms with Gasteiger partial charge in [0.15, 0.2) is 11.5 Å². The number of dihydropyridines is 1. The number of aromatic nitrogens is 2. The predicted octanol–water partition coefficient (Wildman–Crippen LogP) is 10.6. The van der Waals surface area contributed by atoms with Crippen LogP contribution in [0.15, 0.2) is 133 Å². The summed E-state index contributed by atoms with van der Waals surface area (Å²) in [7, 11) is 1.56. The minimum absolute atomic E-state index is 0.0582. The molecule has 12 nitrogen and oxygen atoms in total. The number of carbonyl (C=O) groups excluding carboxylic acids is 3. The molecule has 348 valence electrons. The van der Waals surface area contributed by atoms with Crippen molar-refractivity contribution in [3.8, 4) is 28.7 Å². The Balaban J connectivity index is 1.26. The molecule has 4 heterocycles. The molecule has 0 aliphatic carbocycles. The van der Waals surface area contributed by atoms with Crippen molar-refractivity contribution < 1.29 is 38.8 Å². The smallest absolute Gasteiger partial charge is 0.302 e. The maximum absolute atomic E-state index is 14.5. The van der Waals surface area contributed by atoms with Gasteiger partial charge in [-0.15, -0.1) is 0 Å². The zero-order valence-electron chi connectivity index (χ0n) is 38.7. The third-order valence-corrected chi connectivity index (χ3v) is 13.1. The van der Waals surface area contributed by atoms with E-state index in [0.29, 0.717) is 49.6 Å². The molecule has 2 aliphatic heterocycles. The number of nitrogens with one attached hydrogen (secondary N) is 2. The van der Waals surface area contributed by atoms with Crippen molar-refractivity contribution in [3.05, 3.63) is 156 Å². The molecule has 8 rings (SSSR count). The predicted molar refractivity (Wildman–Crippen MR) is 260 cm³/mol. The van der Waals surface area contributed by atoms with Crippen molar-refractivity contribution in [2.45, 2.75) is 90.2 Å². The molecule has 2 aliphatic rings. The van der Waals surface area contributed by atoms with Crippen molar-refractivity contribution in [3.63, 3.8) is 0 Å². The molecule has 2 aromatic heterocycles. The number of benzene rings is 4. The summed E-state index contributed by atoms with van der Waals surface area (Å²) < 4.78 is 20.0. The highest BCUT2D eigenvalue weighted by Gasteiger charge is 2.28. The molecule has 4 N–H and O–H groups in total. The number of rotatable bonds is 10. The quantitative estimate of drug-likeness (QED) is 0.0977. The molecule has 6 aromatic rings. The highest BCUT2D eigenvalue weighted by molar-refractivity contribution is 5.95. The number of hydrogen-bond donors (Lipinski definition) is 4. The van der Waals surface area contributed by atoms with E-state index in [4.69, 9.17) is 14.2 Å². The first-order chi connectivity index (χ1) is 32.4. The number of methoxy groups -OCH3 is 1. The first-order valence-electron chi connectivity index (χ1n) is 23.2. The van der Waals surface area contributed by atoms with E-state index >= 15 is 0 Å². The van der Waals surface area contributed by atoms with E-state index in [1.807, 2.05) is 42.6 Å². The van der Waals surface area contributed by atoms with Crippen molar-refractivity contribution >= 4 is 34.0 Å². The number of ketones is 2.